The van der Waals surface area contributed by atoms with E-state index in [-0.39, 0.29) is 0 Å². The third-order valence-corrected chi connectivity index (χ3v) is 5.34. The van der Waals surface area contributed by atoms with Crippen LogP contribution in [0.25, 0.3) is 0 Å². The molecule has 2 bridgehead atoms. The first-order valence-electron chi connectivity index (χ1n) is 7.25. The number of likely N-dealkylation sites (N-methyl/N-ethyl adjacent to an activating group) is 1. The van der Waals surface area contributed by atoms with Gasteiger partial charge >= 0.3 is 0 Å². The largest absolute Gasteiger partial charge is 0.315 e. The molecule has 3 fully saturated rings. The molecule has 3 saturated heterocycles. The number of piperazine rings is 3. The first kappa shape index (κ1) is 14.6. The fourth-order valence-corrected chi connectivity index (χ4v) is 3.71. The van der Waals surface area contributed by atoms with Crippen molar-refractivity contribution in [3.8, 4) is 0 Å². The Balaban J connectivity index is 1.72. The van der Waals surface area contributed by atoms with Crippen LogP contribution in [0.3, 0.4) is 0 Å². The van der Waals surface area contributed by atoms with Crippen LogP contribution in [0.2, 0.25) is 10.0 Å². The molecule has 1 N–H and O–H groups in total. The summed E-state index contributed by atoms with van der Waals surface area (Å²) in [6, 6.07) is 7.01. The first-order chi connectivity index (χ1) is 9.67. The smallest absolute Gasteiger partial charge is 0.0595 e. The second kappa shape index (κ2) is 6.20. The van der Waals surface area contributed by atoms with Gasteiger partial charge in [-0.05, 0) is 31.2 Å². The van der Waals surface area contributed by atoms with Crippen LogP contribution in [0, 0.1) is 0 Å². The van der Waals surface area contributed by atoms with Gasteiger partial charge in [0.05, 0.1) is 10.0 Å². The lowest BCUT2D eigenvalue weighted by molar-refractivity contribution is -0.00201. The Morgan fingerprint density at radius 2 is 1.95 bits per heavy atom. The molecule has 0 aromatic heterocycles. The number of fused-ring (bicyclic) bond motifs is 3. The SMILES string of the molecule is CNC(Cc1ccc(Cl)c(Cl)c1)C1CN2CCN1CC2. The Hall–Kier alpha value is -0.320. The summed E-state index contributed by atoms with van der Waals surface area (Å²) >= 11 is 12.1. The van der Waals surface area contributed by atoms with Crippen LogP contribution in [-0.4, -0.2) is 61.7 Å². The van der Waals surface area contributed by atoms with Gasteiger partial charge in [-0.3, -0.25) is 9.80 Å². The lowest BCUT2D eigenvalue weighted by Crippen LogP contribution is -2.66. The molecule has 20 heavy (non-hydrogen) atoms. The molecule has 0 amide bonds. The topological polar surface area (TPSA) is 18.5 Å². The molecule has 2 unspecified atom stereocenters. The number of hydrogen-bond donors (Lipinski definition) is 1. The Morgan fingerprint density at radius 1 is 1.20 bits per heavy atom. The standard InChI is InChI=1S/C15H21Cl2N3/c1-18-14(9-11-2-3-12(16)13(17)8-11)15-10-19-4-6-20(15)7-5-19/h2-3,8,14-15,18H,4-7,9-10H2,1H3. The minimum Gasteiger partial charge on any atom is -0.315 e. The van der Waals surface area contributed by atoms with Crippen molar-refractivity contribution >= 4 is 23.2 Å². The molecular weight excluding hydrogens is 293 g/mol. The highest BCUT2D eigenvalue weighted by molar-refractivity contribution is 6.42. The van der Waals surface area contributed by atoms with Gasteiger partial charge in [0.1, 0.15) is 0 Å². The van der Waals surface area contributed by atoms with Crippen molar-refractivity contribution in [1.82, 2.24) is 15.1 Å². The van der Waals surface area contributed by atoms with Crippen molar-refractivity contribution in [3.05, 3.63) is 33.8 Å². The van der Waals surface area contributed by atoms with Crippen molar-refractivity contribution < 1.29 is 0 Å². The van der Waals surface area contributed by atoms with E-state index in [2.05, 4.69) is 28.2 Å². The number of rotatable bonds is 4. The van der Waals surface area contributed by atoms with Gasteiger partial charge in [0.25, 0.3) is 0 Å². The van der Waals surface area contributed by atoms with E-state index >= 15 is 0 Å². The molecule has 0 aliphatic carbocycles. The zero-order chi connectivity index (χ0) is 14.1. The Kier molecular flexibility index (Phi) is 4.53. The molecule has 110 valence electrons. The predicted octanol–water partition coefficient (Wildman–Crippen LogP) is 2.12. The minimum atomic E-state index is 0.454. The number of nitrogens with one attached hydrogen (secondary N) is 1. The molecular formula is C15H21Cl2N3. The summed E-state index contributed by atoms with van der Waals surface area (Å²) in [6.07, 6.45) is 0.988. The lowest BCUT2D eigenvalue weighted by Gasteiger charge is -2.50. The number of hydrogen-bond acceptors (Lipinski definition) is 3. The maximum atomic E-state index is 6.12. The van der Waals surface area contributed by atoms with E-state index in [1.807, 2.05) is 12.1 Å². The highest BCUT2D eigenvalue weighted by Gasteiger charge is 2.36. The molecule has 0 saturated carbocycles. The Labute approximate surface area is 130 Å². The van der Waals surface area contributed by atoms with Crippen molar-refractivity contribution in [2.45, 2.75) is 18.5 Å². The summed E-state index contributed by atoms with van der Waals surface area (Å²) in [5.41, 5.74) is 1.25. The lowest BCUT2D eigenvalue weighted by atomic mass is 9.94. The zero-order valence-electron chi connectivity index (χ0n) is 11.8. The van der Waals surface area contributed by atoms with E-state index in [0.29, 0.717) is 22.1 Å². The van der Waals surface area contributed by atoms with Gasteiger partial charge in [-0.1, -0.05) is 29.3 Å². The van der Waals surface area contributed by atoms with Crippen molar-refractivity contribution in [2.75, 3.05) is 39.8 Å². The molecule has 0 radical (unpaired) electrons. The third kappa shape index (κ3) is 2.97. The van der Waals surface area contributed by atoms with Crippen LogP contribution in [0.15, 0.2) is 18.2 Å². The van der Waals surface area contributed by atoms with Crippen LogP contribution in [0.4, 0.5) is 0 Å². The molecule has 3 nitrogen and oxygen atoms in total. The Bertz CT molecular complexity index is 472. The van der Waals surface area contributed by atoms with Gasteiger partial charge in [-0.25, -0.2) is 0 Å². The van der Waals surface area contributed by atoms with Crippen LogP contribution >= 0.6 is 23.2 Å². The number of nitrogens with zero attached hydrogens (tertiary/aromatic N) is 2. The maximum Gasteiger partial charge on any atom is 0.0595 e. The van der Waals surface area contributed by atoms with E-state index in [4.69, 9.17) is 23.2 Å². The van der Waals surface area contributed by atoms with E-state index in [9.17, 15) is 0 Å². The second-order valence-electron chi connectivity index (χ2n) is 5.75. The van der Waals surface area contributed by atoms with Gasteiger partial charge in [0.2, 0.25) is 0 Å². The summed E-state index contributed by atoms with van der Waals surface area (Å²) in [4.78, 5) is 5.20. The molecule has 2 atom stereocenters. The van der Waals surface area contributed by atoms with Crippen LogP contribution in [0.5, 0.6) is 0 Å². The zero-order valence-corrected chi connectivity index (χ0v) is 13.3. The predicted molar refractivity (Wildman–Crippen MR) is 84.8 cm³/mol. The van der Waals surface area contributed by atoms with Crippen molar-refractivity contribution in [3.63, 3.8) is 0 Å². The molecule has 0 spiro atoms. The Morgan fingerprint density at radius 3 is 2.50 bits per heavy atom. The third-order valence-electron chi connectivity index (χ3n) is 4.60. The highest BCUT2D eigenvalue weighted by Crippen LogP contribution is 2.25. The quantitative estimate of drug-likeness (QED) is 0.918. The molecule has 3 aliphatic heterocycles. The molecule has 3 aliphatic rings. The number of halogens is 2. The minimum absolute atomic E-state index is 0.454. The van der Waals surface area contributed by atoms with E-state index in [1.54, 1.807) is 0 Å². The van der Waals surface area contributed by atoms with Crippen molar-refractivity contribution in [1.29, 1.82) is 0 Å². The van der Waals surface area contributed by atoms with Crippen LogP contribution < -0.4 is 5.32 Å². The van der Waals surface area contributed by atoms with Gasteiger partial charge in [-0.15, -0.1) is 0 Å². The summed E-state index contributed by atoms with van der Waals surface area (Å²) < 4.78 is 0. The summed E-state index contributed by atoms with van der Waals surface area (Å²) in [5.74, 6) is 0. The van der Waals surface area contributed by atoms with E-state index in [0.717, 1.165) is 6.42 Å². The molecule has 1 aromatic carbocycles. The summed E-state index contributed by atoms with van der Waals surface area (Å²) in [6.45, 7) is 6.01. The van der Waals surface area contributed by atoms with Gasteiger partial charge < -0.3 is 5.32 Å². The second-order valence-corrected chi connectivity index (χ2v) is 6.57. The summed E-state index contributed by atoms with van der Waals surface area (Å²) in [5, 5.41) is 4.77. The summed E-state index contributed by atoms with van der Waals surface area (Å²) in [7, 11) is 2.06. The van der Waals surface area contributed by atoms with Crippen molar-refractivity contribution in [2.24, 2.45) is 0 Å². The maximum absolute atomic E-state index is 6.12. The molecule has 1 aromatic rings. The average Bonchev–Trinajstić information content (AvgIpc) is 2.49. The molecule has 3 heterocycles. The van der Waals surface area contributed by atoms with Gasteiger partial charge in [0, 0.05) is 44.8 Å². The first-order valence-corrected chi connectivity index (χ1v) is 8.00. The van der Waals surface area contributed by atoms with Crippen LogP contribution in [-0.2, 0) is 6.42 Å². The molecule has 4 rings (SSSR count). The fraction of sp³-hybridized carbons (Fsp3) is 0.600. The van der Waals surface area contributed by atoms with Gasteiger partial charge in [-0.2, -0.15) is 0 Å². The molecule has 5 heteroatoms. The van der Waals surface area contributed by atoms with Crippen LogP contribution in [0.1, 0.15) is 5.56 Å². The normalized spacial score (nSPS) is 30.4. The fourth-order valence-electron chi connectivity index (χ4n) is 3.39. The van der Waals surface area contributed by atoms with E-state index < -0.39 is 0 Å². The number of benzene rings is 1. The van der Waals surface area contributed by atoms with Gasteiger partial charge in [0.15, 0.2) is 0 Å². The average molecular weight is 314 g/mol. The monoisotopic (exact) mass is 313 g/mol. The van der Waals surface area contributed by atoms with E-state index in [1.165, 1.54) is 38.3 Å². The highest BCUT2D eigenvalue weighted by atomic mass is 35.5.